The second-order valence-corrected chi connectivity index (χ2v) is 8.51. The summed E-state index contributed by atoms with van der Waals surface area (Å²) in [6.45, 7) is 2.37. The Morgan fingerprint density at radius 3 is 2.89 bits per heavy atom. The maximum Gasteiger partial charge on any atom is 0.270 e. The number of aromatic nitrogens is 3. The number of hydrogen-bond acceptors (Lipinski definition) is 9. The predicted octanol–water partition coefficient (Wildman–Crippen LogP) is 1.35. The molecule has 0 spiro atoms. The normalized spacial score (nSPS) is 20.0. The van der Waals surface area contributed by atoms with Gasteiger partial charge in [0.2, 0.25) is 5.88 Å². The average Bonchev–Trinajstić information content (AvgIpc) is 2.88. The number of carbonyl (C=O) groups is 1. The van der Waals surface area contributed by atoms with E-state index in [-0.39, 0.29) is 11.6 Å². The molecule has 0 aromatic carbocycles. The van der Waals surface area contributed by atoms with E-state index in [2.05, 4.69) is 20.3 Å². The number of ether oxygens (including phenoxy) is 3. The molecule has 2 N–H and O–H groups in total. The summed E-state index contributed by atoms with van der Waals surface area (Å²) in [4.78, 5) is 27.3. The molecule has 3 aromatic rings. The molecule has 35 heavy (non-hydrogen) atoms. The molecule has 2 aliphatic rings. The number of amides is 1. The Kier molecular flexibility index (Phi) is 6.60. The Labute approximate surface area is 201 Å². The minimum absolute atomic E-state index is 0.201. The number of carbonyl (C=O) groups excluding carboxylic acids is 1. The lowest BCUT2D eigenvalue weighted by Gasteiger charge is -2.36. The minimum atomic E-state index is -0.776. The van der Waals surface area contributed by atoms with Gasteiger partial charge in [-0.15, -0.1) is 0 Å². The van der Waals surface area contributed by atoms with Crippen LogP contribution in [0, 0.1) is 5.82 Å². The lowest BCUT2D eigenvalue weighted by Crippen LogP contribution is -2.54. The van der Waals surface area contributed by atoms with Crippen molar-refractivity contribution in [3.05, 3.63) is 47.7 Å². The quantitative estimate of drug-likeness (QED) is 0.536. The summed E-state index contributed by atoms with van der Waals surface area (Å²) in [6, 6.07) is 4.56. The molecule has 5 rings (SSSR count). The summed E-state index contributed by atoms with van der Waals surface area (Å²) in [5.41, 5.74) is 1.73. The summed E-state index contributed by atoms with van der Waals surface area (Å²) in [5, 5.41) is 13.6. The number of likely N-dealkylation sites (tertiary alicyclic amines) is 1. The van der Waals surface area contributed by atoms with Crippen molar-refractivity contribution in [2.75, 3.05) is 40.0 Å². The van der Waals surface area contributed by atoms with Crippen LogP contribution in [0.4, 0.5) is 4.39 Å². The monoisotopic (exact) mass is 483 g/mol. The van der Waals surface area contributed by atoms with Crippen LogP contribution >= 0.6 is 0 Å². The Morgan fingerprint density at radius 2 is 2.09 bits per heavy atom. The highest BCUT2D eigenvalue weighted by Crippen LogP contribution is 2.29. The van der Waals surface area contributed by atoms with Crippen LogP contribution in [-0.4, -0.2) is 83.0 Å². The topological polar surface area (TPSA) is 119 Å². The van der Waals surface area contributed by atoms with E-state index >= 15 is 0 Å². The maximum absolute atomic E-state index is 14.6. The number of piperidine rings is 1. The lowest BCUT2D eigenvalue weighted by molar-refractivity contribution is 0.0382. The largest absolute Gasteiger partial charge is 0.486 e. The lowest BCUT2D eigenvalue weighted by atomic mass is 10.0. The Hall–Kier alpha value is -3.57. The summed E-state index contributed by atoms with van der Waals surface area (Å²) < 4.78 is 30.7. The smallest absolute Gasteiger partial charge is 0.270 e. The van der Waals surface area contributed by atoms with Gasteiger partial charge < -0.3 is 29.5 Å². The third-order valence-electron chi connectivity index (χ3n) is 6.27. The van der Waals surface area contributed by atoms with Crippen molar-refractivity contribution >= 4 is 16.9 Å². The third-order valence-corrected chi connectivity index (χ3v) is 6.27. The van der Waals surface area contributed by atoms with Gasteiger partial charge in [0.15, 0.2) is 11.5 Å². The molecule has 0 unspecified atom stereocenters. The molecule has 0 bridgehead atoms. The van der Waals surface area contributed by atoms with Crippen LogP contribution < -0.4 is 19.5 Å². The summed E-state index contributed by atoms with van der Waals surface area (Å²) in [5.74, 6) is 0.575. The van der Waals surface area contributed by atoms with Gasteiger partial charge in [-0.05, 0) is 18.9 Å². The van der Waals surface area contributed by atoms with E-state index in [0.29, 0.717) is 79.7 Å². The fraction of sp³-hybridized carbons (Fsp3) is 0.417. The summed E-state index contributed by atoms with van der Waals surface area (Å²) in [6.07, 6.45) is 2.84. The zero-order valence-electron chi connectivity index (χ0n) is 19.2. The van der Waals surface area contributed by atoms with Crippen LogP contribution in [0.1, 0.15) is 22.5 Å². The minimum Gasteiger partial charge on any atom is -0.486 e. The molecule has 0 saturated carbocycles. The summed E-state index contributed by atoms with van der Waals surface area (Å²) >= 11 is 0. The highest BCUT2D eigenvalue weighted by Gasteiger charge is 2.30. The van der Waals surface area contributed by atoms with Crippen molar-refractivity contribution in [1.29, 1.82) is 0 Å². The van der Waals surface area contributed by atoms with Crippen LogP contribution in [0.25, 0.3) is 11.0 Å². The molecule has 0 aliphatic carbocycles. The van der Waals surface area contributed by atoms with E-state index in [4.69, 9.17) is 14.2 Å². The Balaban J connectivity index is 1.19. The zero-order chi connectivity index (χ0) is 24.4. The number of aliphatic hydroxyl groups excluding tert-OH is 1. The SMILES string of the molecule is COc1ccc2ncc(F)c(CCN3CC[C@@H](NC(=O)c4cc5c(cn4)OCCO5)[C@H](O)C3)c2n1. The number of β-amino-alcohol motifs (C(OH)–C–C–N with tert-alkyl or cyclic N) is 1. The van der Waals surface area contributed by atoms with Crippen molar-refractivity contribution in [3.63, 3.8) is 0 Å². The van der Waals surface area contributed by atoms with E-state index in [1.54, 1.807) is 18.2 Å². The average molecular weight is 484 g/mol. The number of pyridine rings is 3. The van der Waals surface area contributed by atoms with Crippen LogP contribution in [0.3, 0.4) is 0 Å². The molecular weight excluding hydrogens is 457 g/mol. The molecule has 1 amide bonds. The number of nitrogens with zero attached hydrogens (tertiary/aromatic N) is 4. The number of halogens is 1. The number of fused-ring (bicyclic) bond motifs is 2. The van der Waals surface area contributed by atoms with Gasteiger partial charge in [0.05, 0.1) is 42.7 Å². The van der Waals surface area contributed by atoms with E-state index in [0.717, 1.165) is 0 Å². The van der Waals surface area contributed by atoms with Crippen molar-refractivity contribution in [2.45, 2.75) is 25.0 Å². The van der Waals surface area contributed by atoms with Gasteiger partial charge in [-0.25, -0.2) is 14.4 Å². The fourth-order valence-electron chi connectivity index (χ4n) is 4.38. The van der Waals surface area contributed by atoms with Crippen LogP contribution in [0.2, 0.25) is 0 Å². The first-order valence-electron chi connectivity index (χ1n) is 11.5. The van der Waals surface area contributed by atoms with Gasteiger partial charge in [-0.1, -0.05) is 0 Å². The van der Waals surface area contributed by atoms with E-state index < -0.39 is 18.0 Å². The number of hydrogen-bond donors (Lipinski definition) is 2. The molecule has 184 valence electrons. The maximum atomic E-state index is 14.6. The van der Waals surface area contributed by atoms with Gasteiger partial charge >= 0.3 is 0 Å². The number of aliphatic hydroxyl groups is 1. The van der Waals surface area contributed by atoms with Gasteiger partial charge in [-0.3, -0.25) is 9.78 Å². The van der Waals surface area contributed by atoms with Crippen LogP contribution in [0.5, 0.6) is 17.4 Å². The molecule has 2 atom stereocenters. The van der Waals surface area contributed by atoms with Gasteiger partial charge in [0, 0.05) is 37.3 Å². The second kappa shape index (κ2) is 9.96. The highest BCUT2D eigenvalue weighted by atomic mass is 19.1. The molecule has 0 radical (unpaired) electrons. The molecule has 11 heteroatoms. The number of methoxy groups -OCH3 is 1. The molecule has 10 nitrogen and oxygen atoms in total. The van der Waals surface area contributed by atoms with Gasteiger partial charge in [0.25, 0.3) is 5.91 Å². The van der Waals surface area contributed by atoms with Crippen molar-refractivity contribution in [1.82, 2.24) is 25.2 Å². The molecule has 2 aliphatic heterocycles. The fourth-order valence-corrected chi connectivity index (χ4v) is 4.38. The van der Waals surface area contributed by atoms with E-state index in [1.807, 2.05) is 4.90 Å². The Morgan fingerprint density at radius 1 is 1.26 bits per heavy atom. The first kappa shape index (κ1) is 23.2. The third kappa shape index (κ3) is 4.96. The number of rotatable bonds is 6. The molecule has 5 heterocycles. The number of nitrogens with one attached hydrogen (secondary N) is 1. The molecule has 1 fully saturated rings. The molecular formula is C24H26FN5O5. The van der Waals surface area contributed by atoms with Crippen LogP contribution in [-0.2, 0) is 6.42 Å². The second-order valence-electron chi connectivity index (χ2n) is 8.51. The molecule has 1 saturated heterocycles. The van der Waals surface area contributed by atoms with Crippen molar-refractivity contribution < 1.29 is 28.5 Å². The van der Waals surface area contributed by atoms with Crippen molar-refractivity contribution in [2.24, 2.45) is 0 Å². The van der Waals surface area contributed by atoms with E-state index in [1.165, 1.54) is 19.5 Å². The first-order chi connectivity index (χ1) is 17.0. The zero-order valence-corrected chi connectivity index (χ0v) is 19.2. The first-order valence-corrected chi connectivity index (χ1v) is 11.5. The standard InChI is InChI=1S/C24H26FN5O5/c1-33-22-3-2-17-23(29-22)14(15(25)11-26-17)4-6-30-7-5-16(19(31)13-30)28-24(32)18-10-20-21(12-27-18)35-9-8-34-20/h2-3,10-12,16,19,31H,4-9,13H2,1H3,(H,28,32)/t16-,19-/m1/s1. The van der Waals surface area contributed by atoms with Gasteiger partial charge in [-0.2, -0.15) is 0 Å². The predicted molar refractivity (Wildman–Crippen MR) is 123 cm³/mol. The van der Waals surface area contributed by atoms with Crippen molar-refractivity contribution in [3.8, 4) is 17.4 Å². The summed E-state index contributed by atoms with van der Waals surface area (Å²) in [7, 11) is 1.51. The molecule has 3 aromatic heterocycles. The van der Waals surface area contributed by atoms with Gasteiger partial charge in [0.1, 0.15) is 24.7 Å². The van der Waals surface area contributed by atoms with Crippen LogP contribution in [0.15, 0.2) is 30.6 Å². The van der Waals surface area contributed by atoms with E-state index in [9.17, 15) is 14.3 Å². The Bertz CT molecular complexity index is 1240. The highest BCUT2D eigenvalue weighted by molar-refractivity contribution is 5.93.